The summed E-state index contributed by atoms with van der Waals surface area (Å²) in [5.41, 5.74) is 0. The average Bonchev–Trinajstić information content (AvgIpc) is 2.38. The Morgan fingerprint density at radius 1 is 1.11 bits per heavy atom. The Hall–Kier alpha value is -0.390. The highest BCUT2D eigenvalue weighted by atomic mass is 79.9. The van der Waals surface area contributed by atoms with Gasteiger partial charge in [-0.2, -0.15) is 4.31 Å². The highest BCUT2D eigenvalue weighted by molar-refractivity contribution is 9.10. The Balaban J connectivity index is 1.91. The first-order chi connectivity index (χ1) is 9.07. The first-order valence-electron chi connectivity index (χ1n) is 6.82. The van der Waals surface area contributed by atoms with E-state index in [0.717, 1.165) is 0 Å². The van der Waals surface area contributed by atoms with Crippen LogP contribution in [0.3, 0.4) is 0 Å². The van der Waals surface area contributed by atoms with Crippen LogP contribution < -0.4 is 0 Å². The second-order valence-electron chi connectivity index (χ2n) is 5.65. The van der Waals surface area contributed by atoms with E-state index in [1.807, 2.05) is 6.07 Å². The van der Waals surface area contributed by atoms with E-state index in [2.05, 4.69) is 15.9 Å². The van der Waals surface area contributed by atoms with Crippen molar-refractivity contribution in [3.8, 4) is 0 Å². The lowest BCUT2D eigenvalue weighted by Gasteiger charge is -2.40. The molecule has 2 fully saturated rings. The Morgan fingerprint density at radius 2 is 1.74 bits per heavy atom. The maximum atomic E-state index is 12.7. The van der Waals surface area contributed by atoms with Crippen LogP contribution in [0.4, 0.5) is 0 Å². The average molecular weight is 344 g/mol. The summed E-state index contributed by atoms with van der Waals surface area (Å²) in [5, 5.41) is 0. The summed E-state index contributed by atoms with van der Waals surface area (Å²) in [5.74, 6) is 1.12. The topological polar surface area (TPSA) is 37.4 Å². The number of benzene rings is 1. The molecule has 2 atom stereocenters. The molecule has 104 valence electrons. The SMILES string of the molecule is O=S(=O)(c1ccccc1Br)N1CC2CCCC(C2)C1. The Kier molecular flexibility index (Phi) is 3.71. The fourth-order valence-corrected chi connectivity index (χ4v) is 5.93. The van der Waals surface area contributed by atoms with Gasteiger partial charge >= 0.3 is 0 Å². The monoisotopic (exact) mass is 343 g/mol. The van der Waals surface area contributed by atoms with Gasteiger partial charge in [-0.3, -0.25) is 0 Å². The van der Waals surface area contributed by atoms with Crippen LogP contribution >= 0.6 is 15.9 Å². The van der Waals surface area contributed by atoms with Gasteiger partial charge in [0.05, 0.1) is 4.90 Å². The minimum atomic E-state index is -3.35. The van der Waals surface area contributed by atoms with Crippen molar-refractivity contribution < 1.29 is 8.42 Å². The predicted molar refractivity (Wildman–Crippen MR) is 78.3 cm³/mol. The molecule has 0 N–H and O–H groups in total. The zero-order valence-corrected chi connectivity index (χ0v) is 13.2. The van der Waals surface area contributed by atoms with Crippen molar-refractivity contribution in [3.63, 3.8) is 0 Å². The predicted octanol–water partition coefficient (Wildman–Crippen LogP) is 3.26. The van der Waals surface area contributed by atoms with Gasteiger partial charge in [0.1, 0.15) is 0 Å². The molecule has 3 nitrogen and oxygen atoms in total. The van der Waals surface area contributed by atoms with Gasteiger partial charge < -0.3 is 0 Å². The van der Waals surface area contributed by atoms with E-state index in [-0.39, 0.29) is 0 Å². The molecule has 1 saturated heterocycles. The largest absolute Gasteiger partial charge is 0.244 e. The zero-order chi connectivity index (χ0) is 13.5. The van der Waals surface area contributed by atoms with Gasteiger partial charge in [0.15, 0.2) is 0 Å². The number of halogens is 1. The van der Waals surface area contributed by atoms with Crippen LogP contribution in [0.2, 0.25) is 0 Å². The van der Waals surface area contributed by atoms with E-state index >= 15 is 0 Å². The highest BCUT2D eigenvalue weighted by Gasteiger charge is 2.37. The van der Waals surface area contributed by atoms with Crippen molar-refractivity contribution in [2.45, 2.75) is 30.6 Å². The third-order valence-electron chi connectivity index (χ3n) is 4.27. The molecule has 2 aliphatic rings. The summed E-state index contributed by atoms with van der Waals surface area (Å²) < 4.78 is 27.8. The van der Waals surface area contributed by atoms with Crippen LogP contribution in [-0.4, -0.2) is 25.8 Å². The van der Waals surface area contributed by atoms with Gasteiger partial charge in [0.2, 0.25) is 10.0 Å². The Labute approximate surface area is 123 Å². The van der Waals surface area contributed by atoms with Crippen molar-refractivity contribution in [1.82, 2.24) is 4.31 Å². The minimum absolute atomic E-state index is 0.398. The number of piperidine rings is 1. The molecule has 1 aromatic carbocycles. The third-order valence-corrected chi connectivity index (χ3v) is 7.11. The molecule has 0 aromatic heterocycles. The quantitative estimate of drug-likeness (QED) is 0.826. The normalized spacial score (nSPS) is 28.3. The molecular formula is C14H18BrNO2S. The van der Waals surface area contributed by atoms with Crippen LogP contribution in [-0.2, 0) is 10.0 Å². The van der Waals surface area contributed by atoms with Crippen LogP contribution in [0.25, 0.3) is 0 Å². The van der Waals surface area contributed by atoms with E-state index in [1.54, 1.807) is 22.5 Å². The standard InChI is InChI=1S/C14H18BrNO2S/c15-13-6-1-2-7-14(13)19(17,18)16-9-11-4-3-5-12(8-11)10-16/h1-2,6-7,11-12H,3-5,8-10H2. The smallest absolute Gasteiger partial charge is 0.207 e. The summed E-state index contributed by atoms with van der Waals surface area (Å²) in [7, 11) is -3.35. The Bertz CT molecular complexity index is 561. The fourth-order valence-electron chi connectivity index (χ4n) is 3.37. The fraction of sp³-hybridized carbons (Fsp3) is 0.571. The summed E-state index contributed by atoms with van der Waals surface area (Å²) in [6.07, 6.45) is 4.83. The number of rotatable bonds is 2. The highest BCUT2D eigenvalue weighted by Crippen LogP contribution is 2.37. The molecular weight excluding hydrogens is 326 g/mol. The molecule has 3 rings (SSSR count). The lowest BCUT2D eigenvalue weighted by Crippen LogP contribution is -2.45. The van der Waals surface area contributed by atoms with E-state index in [4.69, 9.17) is 0 Å². The van der Waals surface area contributed by atoms with Crippen molar-refractivity contribution in [1.29, 1.82) is 0 Å². The molecule has 0 amide bonds. The van der Waals surface area contributed by atoms with Crippen molar-refractivity contribution >= 4 is 26.0 Å². The molecule has 1 saturated carbocycles. The van der Waals surface area contributed by atoms with Crippen LogP contribution in [0.1, 0.15) is 25.7 Å². The molecule has 1 aliphatic carbocycles. The molecule has 0 radical (unpaired) electrons. The van der Waals surface area contributed by atoms with E-state index in [9.17, 15) is 8.42 Å². The molecule has 5 heteroatoms. The van der Waals surface area contributed by atoms with Gasteiger partial charge in [-0.15, -0.1) is 0 Å². The Morgan fingerprint density at radius 3 is 2.37 bits per heavy atom. The van der Waals surface area contributed by atoms with Crippen molar-refractivity contribution in [2.75, 3.05) is 13.1 Å². The summed E-state index contributed by atoms with van der Waals surface area (Å²) >= 11 is 3.35. The maximum Gasteiger partial charge on any atom is 0.244 e. The summed E-state index contributed by atoms with van der Waals surface area (Å²) in [6, 6.07) is 7.10. The second-order valence-corrected chi connectivity index (χ2v) is 8.41. The molecule has 1 aromatic rings. The molecule has 2 unspecified atom stereocenters. The molecule has 19 heavy (non-hydrogen) atoms. The minimum Gasteiger partial charge on any atom is -0.207 e. The first kappa shape index (κ1) is 13.6. The van der Waals surface area contributed by atoms with Crippen molar-refractivity contribution in [3.05, 3.63) is 28.7 Å². The zero-order valence-electron chi connectivity index (χ0n) is 10.8. The molecule has 2 bridgehead atoms. The van der Waals surface area contributed by atoms with E-state index in [0.29, 0.717) is 34.3 Å². The van der Waals surface area contributed by atoms with Crippen LogP contribution in [0, 0.1) is 11.8 Å². The van der Waals surface area contributed by atoms with E-state index in [1.165, 1.54) is 25.7 Å². The van der Waals surface area contributed by atoms with Gasteiger partial charge in [-0.05, 0) is 59.2 Å². The van der Waals surface area contributed by atoms with Gasteiger partial charge in [0.25, 0.3) is 0 Å². The lowest BCUT2D eigenvalue weighted by molar-refractivity contribution is 0.144. The number of hydrogen-bond donors (Lipinski definition) is 0. The second kappa shape index (κ2) is 5.19. The van der Waals surface area contributed by atoms with Gasteiger partial charge in [-0.1, -0.05) is 18.6 Å². The number of hydrogen-bond acceptors (Lipinski definition) is 2. The number of sulfonamides is 1. The maximum absolute atomic E-state index is 12.7. The summed E-state index contributed by atoms with van der Waals surface area (Å²) in [6.45, 7) is 1.39. The number of nitrogens with zero attached hydrogens (tertiary/aromatic N) is 1. The van der Waals surface area contributed by atoms with Crippen molar-refractivity contribution in [2.24, 2.45) is 11.8 Å². The number of fused-ring (bicyclic) bond motifs is 2. The summed E-state index contributed by atoms with van der Waals surface area (Å²) in [4.78, 5) is 0.398. The lowest BCUT2D eigenvalue weighted by atomic mass is 9.79. The van der Waals surface area contributed by atoms with Gasteiger partial charge in [0, 0.05) is 17.6 Å². The molecule has 0 spiro atoms. The first-order valence-corrected chi connectivity index (χ1v) is 9.05. The van der Waals surface area contributed by atoms with Crippen LogP contribution in [0.5, 0.6) is 0 Å². The molecule has 1 aliphatic heterocycles. The molecule has 1 heterocycles. The van der Waals surface area contributed by atoms with Crippen LogP contribution in [0.15, 0.2) is 33.6 Å². The third kappa shape index (κ3) is 2.60. The van der Waals surface area contributed by atoms with E-state index < -0.39 is 10.0 Å². The van der Waals surface area contributed by atoms with Gasteiger partial charge in [-0.25, -0.2) is 8.42 Å².